The molecule has 0 aliphatic rings. The lowest BCUT2D eigenvalue weighted by Gasteiger charge is -1.79. The Morgan fingerprint density at radius 3 is 2.33 bits per heavy atom. The fourth-order valence-corrected chi connectivity index (χ4v) is 0.323. The fraction of sp³-hybridized carbons (Fsp3) is 0.286. The van der Waals surface area contributed by atoms with Crippen LogP contribution in [0.1, 0.15) is 13.8 Å². The molecule has 0 fully saturated rings. The topological polar surface area (TPSA) is 37.3 Å². The molecule has 0 spiro atoms. The first kappa shape index (κ1) is 7.95. The van der Waals surface area contributed by atoms with E-state index in [1.165, 1.54) is 6.08 Å². The van der Waals surface area contributed by atoms with Gasteiger partial charge in [-0.3, -0.25) is 0 Å². The van der Waals surface area contributed by atoms with Crippen molar-refractivity contribution in [1.29, 1.82) is 0 Å². The van der Waals surface area contributed by atoms with Crippen LogP contribution in [0.25, 0.3) is 0 Å². The maximum atomic E-state index is 9.86. The van der Waals surface area contributed by atoms with Gasteiger partial charge in [-0.15, -0.1) is 0 Å². The van der Waals surface area contributed by atoms with Gasteiger partial charge in [0, 0.05) is 6.08 Å². The molecule has 0 aliphatic heterocycles. The van der Waals surface area contributed by atoms with Crippen LogP contribution in [0.15, 0.2) is 23.8 Å². The van der Waals surface area contributed by atoms with Gasteiger partial charge in [0.15, 0.2) is 0 Å². The number of hydrogen-bond donors (Lipinski definition) is 1. The van der Waals surface area contributed by atoms with Gasteiger partial charge < -0.3 is 5.11 Å². The molecule has 0 rings (SSSR count). The smallest absolute Gasteiger partial charge is 0.328 e. The van der Waals surface area contributed by atoms with Gasteiger partial charge in [0.05, 0.1) is 0 Å². The quantitative estimate of drug-likeness (QED) is 0.450. The van der Waals surface area contributed by atoms with E-state index in [1.54, 1.807) is 6.08 Å². The summed E-state index contributed by atoms with van der Waals surface area (Å²) in [5.41, 5.74) is 1.09. The number of allylic oxidation sites excluding steroid dienone is 3. The molecule has 0 aromatic heterocycles. The first-order valence-corrected chi connectivity index (χ1v) is 2.67. The summed E-state index contributed by atoms with van der Waals surface area (Å²) in [5.74, 6) is -0.910. The molecule has 0 aromatic carbocycles. The third-order valence-corrected chi connectivity index (χ3v) is 0.668. The molecular weight excluding hydrogens is 116 g/mol. The SMILES string of the molecule is CC(C)=C/C=C/C(=O)O. The fourth-order valence-electron chi connectivity index (χ4n) is 0.323. The Morgan fingerprint density at radius 2 is 2.00 bits per heavy atom. The Hall–Kier alpha value is -1.05. The number of rotatable bonds is 2. The maximum absolute atomic E-state index is 9.86. The minimum absolute atomic E-state index is 0.910. The van der Waals surface area contributed by atoms with Crippen molar-refractivity contribution in [1.82, 2.24) is 0 Å². The zero-order valence-corrected chi connectivity index (χ0v) is 5.59. The van der Waals surface area contributed by atoms with Crippen LogP contribution in [0.2, 0.25) is 0 Å². The van der Waals surface area contributed by atoms with Crippen molar-refractivity contribution >= 4 is 5.97 Å². The van der Waals surface area contributed by atoms with Gasteiger partial charge in [-0.05, 0) is 13.8 Å². The molecule has 0 heterocycles. The molecule has 0 aromatic rings. The second kappa shape index (κ2) is 3.89. The van der Waals surface area contributed by atoms with Crippen molar-refractivity contribution < 1.29 is 9.90 Å². The van der Waals surface area contributed by atoms with Crippen molar-refractivity contribution in [3.05, 3.63) is 23.8 Å². The van der Waals surface area contributed by atoms with Gasteiger partial charge >= 0.3 is 5.97 Å². The summed E-state index contributed by atoms with van der Waals surface area (Å²) in [5, 5.41) is 8.11. The van der Waals surface area contributed by atoms with Crippen molar-refractivity contribution in [2.45, 2.75) is 13.8 Å². The molecule has 2 nitrogen and oxygen atoms in total. The zero-order chi connectivity index (χ0) is 7.28. The summed E-state index contributed by atoms with van der Waals surface area (Å²) in [4.78, 5) is 9.86. The average molecular weight is 126 g/mol. The highest BCUT2D eigenvalue weighted by atomic mass is 16.4. The average Bonchev–Trinajstić information content (AvgIpc) is 1.63. The first-order chi connectivity index (χ1) is 4.13. The number of hydrogen-bond acceptors (Lipinski definition) is 1. The molecule has 0 amide bonds. The third kappa shape index (κ3) is 6.95. The minimum Gasteiger partial charge on any atom is -0.478 e. The monoisotopic (exact) mass is 126 g/mol. The molecule has 0 aliphatic carbocycles. The summed E-state index contributed by atoms with van der Waals surface area (Å²) in [7, 11) is 0. The summed E-state index contributed by atoms with van der Waals surface area (Å²) < 4.78 is 0. The number of aliphatic carboxylic acids is 1. The second-order valence-electron chi connectivity index (χ2n) is 1.94. The molecule has 0 radical (unpaired) electrons. The number of carboxylic acid groups (broad SMARTS) is 1. The summed E-state index contributed by atoms with van der Waals surface area (Å²) in [6.07, 6.45) is 4.36. The van der Waals surface area contributed by atoms with E-state index in [4.69, 9.17) is 5.11 Å². The van der Waals surface area contributed by atoms with E-state index >= 15 is 0 Å². The summed E-state index contributed by atoms with van der Waals surface area (Å²) in [6.45, 7) is 3.82. The van der Waals surface area contributed by atoms with Crippen LogP contribution in [0.3, 0.4) is 0 Å². The predicted molar refractivity (Wildman–Crippen MR) is 36.2 cm³/mol. The van der Waals surface area contributed by atoms with Crippen molar-refractivity contribution in [3.8, 4) is 0 Å². The Balaban J connectivity index is 3.74. The van der Waals surface area contributed by atoms with Crippen LogP contribution in [0, 0.1) is 0 Å². The van der Waals surface area contributed by atoms with Crippen LogP contribution in [-0.4, -0.2) is 11.1 Å². The van der Waals surface area contributed by atoms with E-state index in [-0.39, 0.29) is 0 Å². The van der Waals surface area contributed by atoms with E-state index in [9.17, 15) is 4.79 Å². The van der Waals surface area contributed by atoms with Gasteiger partial charge in [0.2, 0.25) is 0 Å². The standard InChI is InChI=1S/C7H10O2/c1-6(2)4-3-5-7(8)9/h3-5H,1-2H3,(H,8,9)/b5-3+. The zero-order valence-electron chi connectivity index (χ0n) is 5.59. The van der Waals surface area contributed by atoms with Crippen LogP contribution < -0.4 is 0 Å². The molecule has 1 N–H and O–H groups in total. The molecule has 2 heteroatoms. The van der Waals surface area contributed by atoms with E-state index in [0.29, 0.717) is 0 Å². The van der Waals surface area contributed by atoms with Crippen molar-refractivity contribution in [2.75, 3.05) is 0 Å². The van der Waals surface area contributed by atoms with E-state index in [0.717, 1.165) is 11.6 Å². The number of carboxylic acids is 1. The van der Waals surface area contributed by atoms with Gasteiger partial charge in [-0.2, -0.15) is 0 Å². The highest BCUT2D eigenvalue weighted by Gasteiger charge is 1.80. The first-order valence-electron chi connectivity index (χ1n) is 2.67. The van der Waals surface area contributed by atoms with E-state index in [1.807, 2.05) is 13.8 Å². The van der Waals surface area contributed by atoms with Crippen molar-refractivity contribution in [2.24, 2.45) is 0 Å². The molecule has 0 saturated carbocycles. The predicted octanol–water partition coefficient (Wildman–Crippen LogP) is 1.59. The highest BCUT2D eigenvalue weighted by Crippen LogP contribution is 1.87. The lowest BCUT2D eigenvalue weighted by Crippen LogP contribution is -1.84. The second-order valence-corrected chi connectivity index (χ2v) is 1.94. The van der Waals surface area contributed by atoms with E-state index in [2.05, 4.69) is 0 Å². The number of carbonyl (C=O) groups is 1. The van der Waals surface area contributed by atoms with Crippen LogP contribution in [0.4, 0.5) is 0 Å². The lowest BCUT2D eigenvalue weighted by molar-refractivity contribution is -0.131. The maximum Gasteiger partial charge on any atom is 0.328 e. The molecule has 9 heavy (non-hydrogen) atoms. The Labute approximate surface area is 54.5 Å². The Bertz CT molecular complexity index is 150. The Morgan fingerprint density at radius 1 is 1.44 bits per heavy atom. The van der Waals surface area contributed by atoms with Crippen molar-refractivity contribution in [3.63, 3.8) is 0 Å². The largest absolute Gasteiger partial charge is 0.478 e. The van der Waals surface area contributed by atoms with Crippen LogP contribution in [0.5, 0.6) is 0 Å². The summed E-state index contributed by atoms with van der Waals surface area (Å²) in [6, 6.07) is 0. The van der Waals surface area contributed by atoms with Gasteiger partial charge in [0.1, 0.15) is 0 Å². The lowest BCUT2D eigenvalue weighted by atomic mass is 10.3. The van der Waals surface area contributed by atoms with Gasteiger partial charge in [-0.1, -0.05) is 17.7 Å². The molecular formula is C7H10O2. The van der Waals surface area contributed by atoms with Gasteiger partial charge in [0.25, 0.3) is 0 Å². The molecule has 0 bridgehead atoms. The minimum atomic E-state index is -0.910. The molecule has 50 valence electrons. The van der Waals surface area contributed by atoms with Crippen LogP contribution in [-0.2, 0) is 4.79 Å². The van der Waals surface area contributed by atoms with E-state index < -0.39 is 5.97 Å². The summed E-state index contributed by atoms with van der Waals surface area (Å²) >= 11 is 0. The third-order valence-electron chi connectivity index (χ3n) is 0.668. The molecule has 0 saturated heterocycles. The molecule has 0 atom stereocenters. The Kier molecular flexibility index (Phi) is 3.44. The normalized spacial score (nSPS) is 9.56. The molecule has 0 unspecified atom stereocenters. The van der Waals surface area contributed by atoms with Gasteiger partial charge in [-0.25, -0.2) is 4.79 Å². The van der Waals surface area contributed by atoms with Crippen LogP contribution >= 0.6 is 0 Å². The highest BCUT2D eigenvalue weighted by molar-refractivity contribution is 5.80.